The lowest BCUT2D eigenvalue weighted by molar-refractivity contribution is -0.141. The predicted octanol–water partition coefficient (Wildman–Crippen LogP) is 3.24. The Bertz CT molecular complexity index is 272. The Labute approximate surface area is 98.8 Å². The second kappa shape index (κ2) is 3.97. The van der Waals surface area contributed by atoms with E-state index in [4.69, 9.17) is 0 Å². The molecule has 0 amide bonds. The molecule has 1 saturated carbocycles. The standard InChI is InChI=1S/C14H24O2/c1-13(2,3)9-7-10(14(4,5)6)12(16)8-11(9)15/h9-10H,7-8H2,1-6H3/t9-,10-/m0/s1. The number of ketones is 2. The number of hydrogen-bond acceptors (Lipinski definition) is 2. The number of carbonyl (C=O) groups excluding carboxylic acids is 2. The molecule has 0 saturated heterocycles. The van der Waals surface area contributed by atoms with Gasteiger partial charge in [0.05, 0.1) is 6.42 Å². The number of hydrogen-bond donors (Lipinski definition) is 0. The molecule has 1 aliphatic carbocycles. The van der Waals surface area contributed by atoms with Gasteiger partial charge in [-0.25, -0.2) is 0 Å². The van der Waals surface area contributed by atoms with E-state index >= 15 is 0 Å². The Balaban J connectivity index is 2.94. The molecule has 1 rings (SSSR count). The number of carbonyl (C=O) groups is 2. The van der Waals surface area contributed by atoms with Gasteiger partial charge in [0.25, 0.3) is 0 Å². The summed E-state index contributed by atoms with van der Waals surface area (Å²) in [5, 5.41) is 0. The summed E-state index contributed by atoms with van der Waals surface area (Å²) in [6, 6.07) is 0. The Morgan fingerprint density at radius 3 is 1.38 bits per heavy atom. The van der Waals surface area contributed by atoms with Crippen LogP contribution in [0.5, 0.6) is 0 Å². The minimum Gasteiger partial charge on any atom is -0.299 e. The summed E-state index contributed by atoms with van der Waals surface area (Å²) in [5.74, 6) is 0.347. The summed E-state index contributed by atoms with van der Waals surface area (Å²) in [6.45, 7) is 12.5. The van der Waals surface area contributed by atoms with E-state index in [9.17, 15) is 9.59 Å². The molecule has 2 atom stereocenters. The molecule has 16 heavy (non-hydrogen) atoms. The van der Waals surface area contributed by atoms with Crippen LogP contribution in [-0.4, -0.2) is 11.6 Å². The van der Waals surface area contributed by atoms with Crippen LogP contribution in [0.3, 0.4) is 0 Å². The van der Waals surface area contributed by atoms with Crippen molar-refractivity contribution in [1.82, 2.24) is 0 Å². The summed E-state index contributed by atoms with van der Waals surface area (Å²) < 4.78 is 0. The van der Waals surface area contributed by atoms with Crippen molar-refractivity contribution in [2.75, 3.05) is 0 Å². The predicted molar refractivity (Wildman–Crippen MR) is 65.1 cm³/mol. The highest BCUT2D eigenvalue weighted by molar-refractivity contribution is 6.04. The van der Waals surface area contributed by atoms with Gasteiger partial charge in [-0.1, -0.05) is 41.5 Å². The lowest BCUT2D eigenvalue weighted by Gasteiger charge is -2.40. The van der Waals surface area contributed by atoms with Gasteiger partial charge in [0, 0.05) is 11.8 Å². The average molecular weight is 224 g/mol. The molecule has 2 heteroatoms. The zero-order valence-corrected chi connectivity index (χ0v) is 11.4. The van der Waals surface area contributed by atoms with Crippen LogP contribution in [0, 0.1) is 22.7 Å². The molecule has 0 radical (unpaired) electrons. The number of Topliss-reactive ketones (excluding diaryl/α,β-unsaturated/α-hetero) is 2. The van der Waals surface area contributed by atoms with E-state index in [1.165, 1.54) is 0 Å². The van der Waals surface area contributed by atoms with E-state index in [1.54, 1.807) is 0 Å². The zero-order chi connectivity index (χ0) is 12.7. The van der Waals surface area contributed by atoms with E-state index in [2.05, 4.69) is 41.5 Å². The second-order valence-corrected chi connectivity index (χ2v) is 7.18. The van der Waals surface area contributed by atoms with Gasteiger partial charge in [0.2, 0.25) is 0 Å². The second-order valence-electron chi connectivity index (χ2n) is 7.18. The van der Waals surface area contributed by atoms with Crippen molar-refractivity contribution in [3.63, 3.8) is 0 Å². The monoisotopic (exact) mass is 224 g/mol. The summed E-state index contributed by atoms with van der Waals surface area (Å²) in [6.07, 6.45) is 0.870. The summed E-state index contributed by atoms with van der Waals surface area (Å²) in [7, 11) is 0. The smallest absolute Gasteiger partial charge is 0.143 e. The van der Waals surface area contributed by atoms with Crippen LogP contribution in [0.25, 0.3) is 0 Å². The highest BCUT2D eigenvalue weighted by atomic mass is 16.2. The first-order valence-corrected chi connectivity index (χ1v) is 6.09. The molecule has 0 aromatic carbocycles. The van der Waals surface area contributed by atoms with Gasteiger partial charge in [-0.05, 0) is 17.3 Å². The van der Waals surface area contributed by atoms with E-state index < -0.39 is 0 Å². The molecule has 0 bridgehead atoms. The first kappa shape index (κ1) is 13.4. The van der Waals surface area contributed by atoms with E-state index in [0.717, 1.165) is 6.42 Å². The fourth-order valence-corrected chi connectivity index (χ4v) is 2.59. The van der Waals surface area contributed by atoms with Crippen LogP contribution in [0.1, 0.15) is 54.4 Å². The lowest BCUT2D eigenvalue weighted by Crippen LogP contribution is -2.43. The Hall–Kier alpha value is -0.660. The minimum absolute atomic E-state index is 0.0265. The maximum atomic E-state index is 11.9. The molecule has 1 fully saturated rings. The van der Waals surface area contributed by atoms with Crippen molar-refractivity contribution in [2.24, 2.45) is 22.7 Å². The molecule has 0 N–H and O–H groups in total. The maximum Gasteiger partial charge on any atom is 0.143 e. The quantitative estimate of drug-likeness (QED) is 0.592. The molecular weight excluding hydrogens is 200 g/mol. The van der Waals surface area contributed by atoms with E-state index in [-0.39, 0.29) is 40.7 Å². The van der Waals surface area contributed by atoms with Crippen molar-refractivity contribution >= 4 is 11.6 Å². The van der Waals surface area contributed by atoms with Crippen LogP contribution in [0.2, 0.25) is 0 Å². The van der Waals surface area contributed by atoms with Gasteiger partial charge in [-0.15, -0.1) is 0 Å². The van der Waals surface area contributed by atoms with Gasteiger partial charge >= 0.3 is 0 Å². The lowest BCUT2D eigenvalue weighted by atomic mass is 9.62. The first-order valence-electron chi connectivity index (χ1n) is 6.09. The molecule has 0 aromatic rings. The van der Waals surface area contributed by atoms with Gasteiger partial charge < -0.3 is 0 Å². The topological polar surface area (TPSA) is 34.1 Å². The molecule has 0 unspecified atom stereocenters. The Morgan fingerprint density at radius 2 is 1.12 bits per heavy atom. The highest BCUT2D eigenvalue weighted by Gasteiger charge is 2.44. The Kier molecular flexibility index (Phi) is 3.33. The van der Waals surface area contributed by atoms with Crippen LogP contribution in [0.15, 0.2) is 0 Å². The van der Waals surface area contributed by atoms with E-state index in [0.29, 0.717) is 0 Å². The van der Waals surface area contributed by atoms with Crippen LogP contribution < -0.4 is 0 Å². The molecule has 0 aromatic heterocycles. The van der Waals surface area contributed by atoms with Crippen LogP contribution in [0.4, 0.5) is 0 Å². The molecule has 2 nitrogen and oxygen atoms in total. The average Bonchev–Trinajstić information content (AvgIpc) is 1.97. The zero-order valence-electron chi connectivity index (χ0n) is 11.4. The fraction of sp³-hybridized carbons (Fsp3) is 0.857. The van der Waals surface area contributed by atoms with Gasteiger partial charge in [0.15, 0.2) is 0 Å². The van der Waals surface area contributed by atoms with Crippen molar-refractivity contribution < 1.29 is 9.59 Å². The largest absolute Gasteiger partial charge is 0.299 e. The minimum atomic E-state index is -0.0265. The molecule has 92 valence electrons. The summed E-state index contributed by atoms with van der Waals surface area (Å²) in [5.41, 5.74) is -0.0530. The third-order valence-corrected chi connectivity index (χ3v) is 3.69. The molecule has 0 heterocycles. The van der Waals surface area contributed by atoms with Crippen molar-refractivity contribution in [1.29, 1.82) is 0 Å². The fourth-order valence-electron chi connectivity index (χ4n) is 2.59. The van der Waals surface area contributed by atoms with Gasteiger partial charge in [0.1, 0.15) is 11.6 Å². The summed E-state index contributed by atoms with van der Waals surface area (Å²) >= 11 is 0. The molecule has 0 aliphatic heterocycles. The maximum absolute atomic E-state index is 11.9. The van der Waals surface area contributed by atoms with Gasteiger partial charge in [-0.3, -0.25) is 9.59 Å². The number of rotatable bonds is 0. The molecule has 1 aliphatic rings. The summed E-state index contributed by atoms with van der Waals surface area (Å²) in [4.78, 5) is 23.8. The van der Waals surface area contributed by atoms with Crippen LogP contribution in [-0.2, 0) is 9.59 Å². The first-order chi connectivity index (χ1) is 7.03. The highest BCUT2D eigenvalue weighted by Crippen LogP contribution is 2.42. The Morgan fingerprint density at radius 1 is 0.812 bits per heavy atom. The van der Waals surface area contributed by atoms with E-state index in [1.807, 2.05) is 0 Å². The van der Waals surface area contributed by atoms with Crippen molar-refractivity contribution in [3.8, 4) is 0 Å². The van der Waals surface area contributed by atoms with Crippen molar-refractivity contribution in [3.05, 3.63) is 0 Å². The normalized spacial score (nSPS) is 28.4. The molecule has 0 spiro atoms. The molecular formula is C14H24O2. The van der Waals surface area contributed by atoms with Crippen LogP contribution >= 0.6 is 0 Å². The SMILES string of the molecule is CC(C)(C)[C@H]1C[C@H](C(C)(C)C)C(=O)CC1=O. The third-order valence-electron chi connectivity index (χ3n) is 3.69. The third kappa shape index (κ3) is 2.72. The van der Waals surface area contributed by atoms with Crippen molar-refractivity contribution in [2.45, 2.75) is 54.4 Å². The van der Waals surface area contributed by atoms with Gasteiger partial charge in [-0.2, -0.15) is 0 Å².